The Morgan fingerprint density at radius 2 is 1.79 bits per heavy atom. The van der Waals surface area contributed by atoms with Gasteiger partial charge >= 0.3 is 17.9 Å². The van der Waals surface area contributed by atoms with Crippen molar-refractivity contribution in [3.63, 3.8) is 0 Å². The second kappa shape index (κ2) is 11.5. The Bertz CT molecular complexity index is 856. The predicted molar refractivity (Wildman–Crippen MR) is 103 cm³/mol. The van der Waals surface area contributed by atoms with Crippen LogP contribution in [0.1, 0.15) is 27.7 Å². The molecule has 1 amide bonds. The van der Waals surface area contributed by atoms with Gasteiger partial charge in [-0.15, -0.1) is 0 Å². The average Bonchev–Trinajstić information content (AvgIpc) is 2.69. The number of carbonyl (C=O) groups is 4. The lowest BCUT2D eigenvalue weighted by Crippen LogP contribution is -2.73. The third kappa shape index (κ3) is 6.55. The molecule has 0 bridgehead atoms. The molecule has 5 unspecified atom stereocenters. The van der Waals surface area contributed by atoms with E-state index in [0.29, 0.717) is 0 Å². The van der Waals surface area contributed by atoms with Crippen LogP contribution in [0.15, 0.2) is 17.1 Å². The predicted octanol–water partition coefficient (Wildman–Crippen LogP) is 0.143. The van der Waals surface area contributed by atoms with Crippen molar-refractivity contribution in [1.82, 2.24) is 5.32 Å². The van der Waals surface area contributed by atoms with Crippen LogP contribution in [0, 0.1) is 0 Å². The number of ether oxygens (including phenoxy) is 5. The van der Waals surface area contributed by atoms with Crippen LogP contribution < -0.4 is 5.32 Å². The van der Waals surface area contributed by atoms with Crippen LogP contribution in [-0.2, 0) is 52.6 Å². The molecule has 0 saturated carbocycles. The van der Waals surface area contributed by atoms with E-state index in [-0.39, 0.29) is 18.9 Å². The lowest BCUT2D eigenvalue weighted by Gasteiger charge is -2.51. The van der Waals surface area contributed by atoms with Crippen molar-refractivity contribution in [1.29, 1.82) is 0 Å². The minimum atomic E-state index is -2.12. The number of nitrogens with one attached hydrogen (secondary N) is 1. The van der Waals surface area contributed by atoms with Gasteiger partial charge in [0.1, 0.15) is 37.3 Å². The van der Waals surface area contributed by atoms with Crippen molar-refractivity contribution in [2.24, 2.45) is 5.11 Å². The lowest BCUT2D eigenvalue weighted by molar-refractivity contribution is -0.342. The molecule has 0 radical (unpaired) electrons. The Kier molecular flexibility index (Phi) is 8.99. The van der Waals surface area contributed by atoms with E-state index >= 15 is 0 Å². The van der Waals surface area contributed by atoms with E-state index in [2.05, 4.69) is 15.3 Å². The van der Waals surface area contributed by atoms with Gasteiger partial charge in [-0.2, -0.15) is 4.89 Å². The molecule has 1 saturated heterocycles. The van der Waals surface area contributed by atoms with E-state index < -0.39 is 60.6 Å². The summed E-state index contributed by atoms with van der Waals surface area (Å²) in [5.74, 6) is -4.97. The van der Waals surface area contributed by atoms with E-state index in [4.69, 9.17) is 39.0 Å². The first kappa shape index (κ1) is 25.9. The van der Waals surface area contributed by atoms with Crippen LogP contribution in [0.5, 0.6) is 0 Å². The van der Waals surface area contributed by atoms with Crippen LogP contribution in [-0.4, -0.2) is 73.8 Å². The fraction of sp³-hybridized carbons (Fsp3) is 0.667. The van der Waals surface area contributed by atoms with E-state index in [1.165, 1.54) is 6.92 Å². The highest BCUT2D eigenvalue weighted by atomic mass is 17.2. The molecule has 2 heterocycles. The molecule has 33 heavy (non-hydrogen) atoms. The van der Waals surface area contributed by atoms with E-state index in [1.807, 2.05) is 0 Å². The zero-order chi connectivity index (χ0) is 24.6. The summed E-state index contributed by atoms with van der Waals surface area (Å²) in [5, 5.41) is 6.07. The maximum Gasteiger partial charge on any atom is 0.303 e. The molecule has 2 aliphatic rings. The van der Waals surface area contributed by atoms with Gasteiger partial charge in [0.15, 0.2) is 12.2 Å². The van der Waals surface area contributed by atoms with Crippen LogP contribution in [0.3, 0.4) is 0 Å². The molecular weight excluding hydrogens is 448 g/mol. The highest BCUT2D eigenvalue weighted by Crippen LogP contribution is 2.40. The number of rotatable bonds is 6. The third-order valence-corrected chi connectivity index (χ3v) is 4.39. The van der Waals surface area contributed by atoms with Gasteiger partial charge in [0.05, 0.1) is 6.61 Å². The Morgan fingerprint density at radius 3 is 2.36 bits per heavy atom. The zero-order valence-electron chi connectivity index (χ0n) is 18.3. The van der Waals surface area contributed by atoms with Gasteiger partial charge in [0, 0.05) is 32.6 Å². The molecule has 182 valence electrons. The van der Waals surface area contributed by atoms with Crippen molar-refractivity contribution >= 4 is 23.8 Å². The number of hydrogen-bond acceptors (Lipinski definition) is 12. The molecule has 1 N–H and O–H groups in total. The average molecular weight is 472 g/mol. The lowest BCUT2D eigenvalue weighted by atomic mass is 9.87. The number of hydrogen-bond donors (Lipinski definition) is 1. The number of amides is 1. The van der Waals surface area contributed by atoms with Crippen molar-refractivity contribution in [2.75, 3.05) is 19.8 Å². The molecule has 0 aliphatic carbocycles. The SMILES string of the molecule is CC(=O)NC1C(OC(C)=O)C(OC(C)=O)C(COC(C)=O)OC12OCCOOC=C2N=[N+]=[N-]. The van der Waals surface area contributed by atoms with Crippen LogP contribution >= 0.6 is 0 Å². The van der Waals surface area contributed by atoms with E-state index in [1.54, 1.807) is 0 Å². The molecule has 2 aliphatic heterocycles. The van der Waals surface area contributed by atoms with Gasteiger partial charge in [-0.05, 0) is 5.53 Å². The van der Waals surface area contributed by atoms with Gasteiger partial charge in [-0.3, -0.25) is 19.2 Å². The molecule has 1 spiro atoms. The summed E-state index contributed by atoms with van der Waals surface area (Å²) in [6.45, 7) is 3.75. The molecule has 15 heteroatoms. The summed E-state index contributed by atoms with van der Waals surface area (Å²) >= 11 is 0. The summed E-state index contributed by atoms with van der Waals surface area (Å²) < 4.78 is 27.7. The third-order valence-electron chi connectivity index (χ3n) is 4.39. The molecule has 0 aromatic rings. The first-order valence-electron chi connectivity index (χ1n) is 9.71. The van der Waals surface area contributed by atoms with E-state index in [9.17, 15) is 19.2 Å². The first-order chi connectivity index (χ1) is 15.6. The van der Waals surface area contributed by atoms with Crippen LogP contribution in [0.25, 0.3) is 10.4 Å². The van der Waals surface area contributed by atoms with E-state index in [0.717, 1.165) is 27.0 Å². The molecule has 0 aromatic heterocycles. The van der Waals surface area contributed by atoms with Crippen molar-refractivity contribution in [3.8, 4) is 0 Å². The normalized spacial score (nSPS) is 29.2. The maximum atomic E-state index is 12.1. The topological polar surface area (TPSA) is 194 Å². The number of nitrogens with zero attached hydrogens (tertiary/aromatic N) is 3. The highest BCUT2D eigenvalue weighted by molar-refractivity contribution is 5.74. The van der Waals surface area contributed by atoms with Crippen molar-refractivity contribution in [2.45, 2.75) is 57.8 Å². The van der Waals surface area contributed by atoms with Crippen molar-refractivity contribution in [3.05, 3.63) is 22.4 Å². The van der Waals surface area contributed by atoms with Crippen LogP contribution in [0.4, 0.5) is 0 Å². The monoisotopic (exact) mass is 472 g/mol. The Hall–Kier alpha value is -3.39. The standard InChI is InChI=1S/C18H24N4O11/c1-9(23)20-17-16(32-12(4)26)15(31-11(3)25)13(7-27-10(2)24)33-18(17)14(21-22-19)8-30-29-6-5-28-18/h8,13,15-17H,5-7H2,1-4H3,(H,20,23). The Labute approximate surface area is 187 Å². The fourth-order valence-electron chi connectivity index (χ4n) is 3.36. The van der Waals surface area contributed by atoms with Crippen molar-refractivity contribution < 1.29 is 52.6 Å². The fourth-order valence-corrected chi connectivity index (χ4v) is 3.36. The molecule has 15 nitrogen and oxygen atoms in total. The molecular formula is C18H24N4O11. The largest absolute Gasteiger partial charge is 0.463 e. The maximum absolute atomic E-state index is 12.1. The summed E-state index contributed by atoms with van der Waals surface area (Å²) in [5.41, 5.74) is 8.73. The summed E-state index contributed by atoms with van der Waals surface area (Å²) in [6.07, 6.45) is -3.19. The number of azide groups is 1. The quantitative estimate of drug-likeness (QED) is 0.138. The first-order valence-corrected chi connectivity index (χ1v) is 9.71. The summed E-state index contributed by atoms with van der Waals surface area (Å²) in [7, 11) is 0. The molecule has 5 atom stereocenters. The summed E-state index contributed by atoms with van der Waals surface area (Å²) in [6, 6.07) is -1.41. The van der Waals surface area contributed by atoms with Gasteiger partial charge in [-0.25, -0.2) is 0 Å². The minimum absolute atomic E-state index is 0.0990. The van der Waals surface area contributed by atoms with Gasteiger partial charge < -0.3 is 33.9 Å². The number of carbonyl (C=O) groups excluding carboxylic acids is 4. The second-order valence-corrected chi connectivity index (χ2v) is 6.91. The molecule has 0 aromatic carbocycles. The van der Waals surface area contributed by atoms with Gasteiger partial charge in [0.25, 0.3) is 0 Å². The highest BCUT2D eigenvalue weighted by Gasteiger charge is 2.61. The van der Waals surface area contributed by atoms with Gasteiger partial charge in [0.2, 0.25) is 11.7 Å². The van der Waals surface area contributed by atoms with Gasteiger partial charge in [-0.1, -0.05) is 5.11 Å². The number of esters is 3. The summed E-state index contributed by atoms with van der Waals surface area (Å²) in [4.78, 5) is 59.8. The zero-order valence-corrected chi connectivity index (χ0v) is 18.3. The molecule has 1 fully saturated rings. The smallest absolute Gasteiger partial charge is 0.303 e. The van der Waals surface area contributed by atoms with Crippen LogP contribution in [0.2, 0.25) is 0 Å². The Balaban J connectivity index is 2.72. The minimum Gasteiger partial charge on any atom is -0.463 e. The second-order valence-electron chi connectivity index (χ2n) is 6.91. The molecule has 2 rings (SSSR count). The Morgan fingerprint density at radius 1 is 1.12 bits per heavy atom.